The Hall–Kier alpha value is -3.34. The second-order valence-electron chi connectivity index (χ2n) is 12.7. The molecule has 5 nitrogen and oxygen atoms in total. The van der Waals surface area contributed by atoms with Gasteiger partial charge in [0.25, 0.3) is 0 Å². The zero-order chi connectivity index (χ0) is 28.0. The fraction of sp³-hybridized carbons (Fsp3) is 0.486. The van der Waals surface area contributed by atoms with E-state index in [1.54, 1.807) is 18.2 Å². The van der Waals surface area contributed by atoms with E-state index in [0.29, 0.717) is 34.5 Å². The Kier molecular flexibility index (Phi) is 7.10. The molecule has 4 fully saturated rings. The van der Waals surface area contributed by atoms with E-state index in [4.69, 9.17) is 9.47 Å². The third-order valence-corrected chi connectivity index (χ3v) is 9.60. The van der Waals surface area contributed by atoms with E-state index in [1.807, 2.05) is 44.2 Å². The molecule has 210 valence electrons. The van der Waals surface area contributed by atoms with Crippen LogP contribution in [0.25, 0.3) is 12.2 Å². The molecule has 0 amide bonds. The first kappa shape index (κ1) is 26.9. The van der Waals surface area contributed by atoms with E-state index in [-0.39, 0.29) is 17.7 Å². The number of esters is 1. The zero-order valence-corrected chi connectivity index (χ0v) is 24.2. The number of anilines is 1. The zero-order valence-electron chi connectivity index (χ0n) is 24.2. The van der Waals surface area contributed by atoms with Gasteiger partial charge in [-0.3, -0.25) is 9.59 Å². The van der Waals surface area contributed by atoms with Crippen molar-refractivity contribution in [2.75, 3.05) is 18.0 Å². The number of nitrogens with zero attached hydrogens (tertiary/aromatic N) is 1. The molecule has 2 aromatic carbocycles. The molecule has 0 unspecified atom stereocenters. The molecule has 0 saturated heterocycles. The summed E-state index contributed by atoms with van der Waals surface area (Å²) in [5.41, 5.74) is 2.69. The second kappa shape index (κ2) is 10.6. The molecule has 5 heteroatoms. The van der Waals surface area contributed by atoms with Crippen molar-refractivity contribution in [3.8, 4) is 11.5 Å². The van der Waals surface area contributed by atoms with Crippen LogP contribution >= 0.6 is 0 Å². The molecule has 4 saturated carbocycles. The number of hydrogen-bond donors (Lipinski definition) is 0. The van der Waals surface area contributed by atoms with Gasteiger partial charge in [-0.1, -0.05) is 18.2 Å². The maximum Gasteiger partial charge on any atom is 0.314 e. The van der Waals surface area contributed by atoms with E-state index < -0.39 is 5.60 Å². The molecule has 0 spiro atoms. The van der Waals surface area contributed by atoms with Crippen molar-refractivity contribution in [2.45, 2.75) is 65.4 Å². The highest BCUT2D eigenvalue weighted by molar-refractivity contribution is 6.09. The summed E-state index contributed by atoms with van der Waals surface area (Å²) in [6, 6.07) is 11.7. The molecule has 2 aromatic rings. The molecule has 1 heterocycles. The van der Waals surface area contributed by atoms with Crippen LogP contribution in [0.2, 0.25) is 0 Å². The molecular weight excluding hydrogens is 498 g/mol. The highest BCUT2D eigenvalue weighted by Crippen LogP contribution is 2.57. The van der Waals surface area contributed by atoms with Crippen LogP contribution in [0.5, 0.6) is 11.5 Å². The van der Waals surface area contributed by atoms with Crippen LogP contribution in [0.1, 0.15) is 81.3 Å². The Labute approximate surface area is 238 Å². The number of fused-ring (bicyclic) bond motifs is 1. The second-order valence-corrected chi connectivity index (χ2v) is 12.7. The summed E-state index contributed by atoms with van der Waals surface area (Å²) in [5, 5.41) is 0. The largest absolute Gasteiger partial charge is 0.482 e. The Morgan fingerprint density at radius 3 is 2.23 bits per heavy atom. The van der Waals surface area contributed by atoms with E-state index in [1.165, 1.54) is 37.8 Å². The molecule has 0 radical (unpaired) electrons. The molecule has 1 aliphatic heterocycles. The first-order chi connectivity index (χ1) is 19.2. The molecule has 4 aliphatic carbocycles. The molecule has 4 bridgehead atoms. The van der Waals surface area contributed by atoms with Crippen LogP contribution in [-0.2, 0) is 4.79 Å². The predicted molar refractivity (Wildman–Crippen MR) is 160 cm³/mol. The molecule has 5 aliphatic rings. The number of carbonyl (C=O) groups is 2. The van der Waals surface area contributed by atoms with Gasteiger partial charge in [0.1, 0.15) is 17.1 Å². The van der Waals surface area contributed by atoms with Gasteiger partial charge >= 0.3 is 5.97 Å². The van der Waals surface area contributed by atoms with Crippen molar-refractivity contribution in [2.24, 2.45) is 29.6 Å². The Bertz CT molecular complexity index is 1320. The summed E-state index contributed by atoms with van der Waals surface area (Å²) in [5.74, 6) is 3.21. The van der Waals surface area contributed by atoms with E-state index in [2.05, 4.69) is 30.9 Å². The fourth-order valence-corrected chi connectivity index (χ4v) is 7.85. The van der Waals surface area contributed by atoms with Crippen molar-refractivity contribution in [1.29, 1.82) is 0 Å². The van der Waals surface area contributed by atoms with Gasteiger partial charge < -0.3 is 14.4 Å². The highest BCUT2D eigenvalue weighted by Gasteiger charge is 2.51. The summed E-state index contributed by atoms with van der Waals surface area (Å²) < 4.78 is 12.4. The molecule has 0 aromatic heterocycles. The topological polar surface area (TPSA) is 55.8 Å². The first-order valence-electron chi connectivity index (χ1n) is 15.1. The normalized spacial score (nSPS) is 27.4. The third-order valence-electron chi connectivity index (χ3n) is 9.60. The number of ether oxygens (including phenoxy) is 2. The number of carbonyl (C=O) groups excluding carboxylic acids is 2. The minimum Gasteiger partial charge on any atom is -0.482 e. The van der Waals surface area contributed by atoms with Crippen LogP contribution < -0.4 is 14.4 Å². The molecule has 7 rings (SSSR count). The molecular formula is C35H41NO4. The van der Waals surface area contributed by atoms with Gasteiger partial charge in [-0.2, -0.15) is 0 Å². The fourth-order valence-electron chi connectivity index (χ4n) is 7.85. The number of benzene rings is 2. The van der Waals surface area contributed by atoms with E-state index >= 15 is 0 Å². The van der Waals surface area contributed by atoms with Gasteiger partial charge in [0.05, 0.1) is 17.0 Å². The third kappa shape index (κ3) is 5.11. The van der Waals surface area contributed by atoms with Crippen LogP contribution in [-0.4, -0.2) is 30.4 Å². The van der Waals surface area contributed by atoms with E-state index in [0.717, 1.165) is 30.5 Å². The van der Waals surface area contributed by atoms with Crippen molar-refractivity contribution >= 4 is 29.6 Å². The number of rotatable bonds is 8. The van der Waals surface area contributed by atoms with Gasteiger partial charge in [-0.05, 0) is 132 Å². The average molecular weight is 540 g/mol. The van der Waals surface area contributed by atoms with E-state index in [9.17, 15) is 9.59 Å². The van der Waals surface area contributed by atoms with Gasteiger partial charge in [-0.25, -0.2) is 0 Å². The van der Waals surface area contributed by atoms with Gasteiger partial charge in [0, 0.05) is 18.8 Å². The molecule has 40 heavy (non-hydrogen) atoms. The minimum atomic E-state index is -0.573. The minimum absolute atomic E-state index is 0.00857. The van der Waals surface area contributed by atoms with Crippen molar-refractivity contribution in [3.05, 3.63) is 65.2 Å². The summed E-state index contributed by atoms with van der Waals surface area (Å²) in [6.45, 7) is 10.1. The average Bonchev–Trinajstić information content (AvgIpc) is 2.92. The summed E-state index contributed by atoms with van der Waals surface area (Å²) in [6.07, 6.45) is 13.3. The predicted octanol–water partition coefficient (Wildman–Crippen LogP) is 7.59. The molecule has 0 N–H and O–H groups in total. The standard InChI is InChI=1S/C35H41NO4/c1-5-36(6-2)27-10-7-22(8-11-27)9-13-30(37)28-12-14-31(29-15-16-35(3,4)40-33(28)29)39-34(38)32-25-18-23-17-24(20-25)21-26(32)19-23/h7-16,23-26,32H,5-6,17-21H2,1-4H3. The van der Waals surface area contributed by atoms with Gasteiger partial charge in [0.15, 0.2) is 5.78 Å². The van der Waals surface area contributed by atoms with Crippen LogP contribution in [0.4, 0.5) is 5.69 Å². The summed E-state index contributed by atoms with van der Waals surface area (Å²) >= 11 is 0. The Morgan fingerprint density at radius 1 is 0.950 bits per heavy atom. The maximum absolute atomic E-state index is 13.5. The van der Waals surface area contributed by atoms with Crippen molar-refractivity contribution < 1.29 is 19.1 Å². The van der Waals surface area contributed by atoms with Crippen molar-refractivity contribution in [3.63, 3.8) is 0 Å². The van der Waals surface area contributed by atoms with Crippen LogP contribution in [0, 0.1) is 29.6 Å². The lowest BCUT2D eigenvalue weighted by Crippen LogP contribution is -2.49. The van der Waals surface area contributed by atoms with Crippen LogP contribution in [0.3, 0.4) is 0 Å². The molecule has 0 atom stereocenters. The number of allylic oxidation sites excluding steroid dienone is 1. The monoisotopic (exact) mass is 539 g/mol. The lowest BCUT2D eigenvalue weighted by Gasteiger charge is -2.53. The van der Waals surface area contributed by atoms with Gasteiger partial charge in [-0.15, -0.1) is 0 Å². The smallest absolute Gasteiger partial charge is 0.314 e. The lowest BCUT2D eigenvalue weighted by atomic mass is 9.52. The summed E-state index contributed by atoms with van der Waals surface area (Å²) in [7, 11) is 0. The SMILES string of the molecule is CCN(CC)c1ccc(C=CC(=O)c2ccc(OC(=O)C3C4CC5CC(C4)CC3C5)c3c2OC(C)(C)C=C3)cc1. The lowest BCUT2D eigenvalue weighted by molar-refractivity contribution is -0.152. The summed E-state index contributed by atoms with van der Waals surface area (Å²) in [4.78, 5) is 29.2. The Morgan fingerprint density at radius 2 is 1.60 bits per heavy atom. The quantitative estimate of drug-likeness (QED) is 0.150. The highest BCUT2D eigenvalue weighted by atomic mass is 16.5. The number of ketones is 1. The number of hydrogen-bond acceptors (Lipinski definition) is 5. The van der Waals surface area contributed by atoms with Crippen LogP contribution in [0.15, 0.2) is 48.6 Å². The van der Waals surface area contributed by atoms with Crippen molar-refractivity contribution in [1.82, 2.24) is 0 Å². The van der Waals surface area contributed by atoms with Gasteiger partial charge in [0.2, 0.25) is 0 Å². The first-order valence-corrected chi connectivity index (χ1v) is 15.1. The Balaban J connectivity index is 1.23. The maximum atomic E-state index is 13.5.